The van der Waals surface area contributed by atoms with Gasteiger partial charge >= 0.3 is 0 Å². The molecule has 0 aromatic heterocycles. The average Bonchev–Trinajstić information content (AvgIpc) is 3.30. The average molecular weight is 496 g/mol. The minimum absolute atomic E-state index is 0.0520. The molecule has 5 heteroatoms. The molecule has 0 aliphatic carbocycles. The van der Waals surface area contributed by atoms with Crippen molar-refractivity contribution < 1.29 is 18.9 Å². The molecule has 37 heavy (non-hydrogen) atoms. The summed E-state index contributed by atoms with van der Waals surface area (Å²) >= 11 is 0. The minimum Gasteiger partial charge on any atom is -0.493 e. The molecule has 2 bridgehead atoms. The first-order valence-corrected chi connectivity index (χ1v) is 12.7. The van der Waals surface area contributed by atoms with E-state index in [1.807, 2.05) is 48.5 Å². The number of hydrogen-bond donors (Lipinski definition) is 1. The Morgan fingerprint density at radius 2 is 1.65 bits per heavy atom. The molecule has 190 valence electrons. The zero-order chi connectivity index (χ0) is 25.5. The van der Waals surface area contributed by atoms with Gasteiger partial charge in [0.15, 0.2) is 11.5 Å². The fourth-order valence-electron chi connectivity index (χ4n) is 4.87. The minimum atomic E-state index is -0.0781. The van der Waals surface area contributed by atoms with E-state index in [-0.39, 0.29) is 12.1 Å². The summed E-state index contributed by atoms with van der Waals surface area (Å²) in [5.41, 5.74) is 6.04. The molecule has 0 amide bonds. The van der Waals surface area contributed by atoms with Crippen molar-refractivity contribution in [1.29, 1.82) is 0 Å². The normalized spacial score (nSPS) is 16.0. The molecule has 2 aliphatic heterocycles. The Kier molecular flexibility index (Phi) is 8.04. The highest BCUT2D eigenvalue weighted by Crippen LogP contribution is 2.41. The molecule has 1 N–H and O–H groups in total. The lowest BCUT2D eigenvalue weighted by atomic mass is 9.88. The molecule has 0 saturated heterocycles. The molecule has 0 saturated carbocycles. The van der Waals surface area contributed by atoms with Gasteiger partial charge in [0, 0.05) is 7.11 Å². The Labute approximate surface area is 219 Å². The SMILES string of the molecule is COc1cc2c(cc1OCc1ccccc1)C(C(OC)c1ccccc1)NCC2.c1cc2cc(c1)OC2. The zero-order valence-electron chi connectivity index (χ0n) is 21.4. The Bertz CT molecular complexity index is 1270. The molecule has 2 unspecified atom stereocenters. The topological polar surface area (TPSA) is 49.0 Å². The summed E-state index contributed by atoms with van der Waals surface area (Å²) in [7, 11) is 3.46. The molecule has 0 spiro atoms. The lowest BCUT2D eigenvalue weighted by Crippen LogP contribution is -2.34. The third kappa shape index (κ3) is 5.96. The smallest absolute Gasteiger partial charge is 0.162 e. The molecule has 4 aromatic rings. The summed E-state index contributed by atoms with van der Waals surface area (Å²) in [5.74, 6) is 2.53. The Balaban J connectivity index is 0.000000295. The Morgan fingerprint density at radius 3 is 2.35 bits per heavy atom. The van der Waals surface area contributed by atoms with Crippen LogP contribution in [0.4, 0.5) is 0 Å². The first kappa shape index (κ1) is 24.9. The van der Waals surface area contributed by atoms with Crippen LogP contribution in [0.1, 0.15) is 40.0 Å². The third-order valence-electron chi connectivity index (χ3n) is 6.75. The summed E-state index contributed by atoms with van der Waals surface area (Å²) in [6, 6.07) is 32.9. The van der Waals surface area contributed by atoms with E-state index >= 15 is 0 Å². The monoisotopic (exact) mass is 495 g/mol. The van der Waals surface area contributed by atoms with E-state index in [4.69, 9.17) is 18.9 Å². The van der Waals surface area contributed by atoms with Gasteiger partial charge in [-0.3, -0.25) is 0 Å². The van der Waals surface area contributed by atoms with E-state index in [2.05, 4.69) is 53.8 Å². The number of hydrogen-bond acceptors (Lipinski definition) is 5. The number of benzene rings is 4. The summed E-state index contributed by atoms with van der Waals surface area (Å²) in [5, 5.41) is 3.64. The maximum absolute atomic E-state index is 6.15. The van der Waals surface area contributed by atoms with Crippen LogP contribution in [-0.4, -0.2) is 20.8 Å². The van der Waals surface area contributed by atoms with Gasteiger partial charge in [-0.15, -0.1) is 0 Å². The summed E-state index contributed by atoms with van der Waals surface area (Å²) < 4.78 is 22.9. The predicted molar refractivity (Wildman–Crippen MR) is 145 cm³/mol. The van der Waals surface area contributed by atoms with E-state index in [1.165, 1.54) is 16.7 Å². The van der Waals surface area contributed by atoms with Gasteiger partial charge in [0.05, 0.1) is 13.2 Å². The number of rotatable bonds is 7. The number of ether oxygens (including phenoxy) is 4. The van der Waals surface area contributed by atoms with Crippen LogP contribution >= 0.6 is 0 Å². The highest BCUT2D eigenvalue weighted by molar-refractivity contribution is 5.50. The first-order valence-electron chi connectivity index (χ1n) is 12.7. The highest BCUT2D eigenvalue weighted by Gasteiger charge is 2.30. The molecule has 2 heterocycles. The second-order valence-electron chi connectivity index (χ2n) is 9.16. The van der Waals surface area contributed by atoms with E-state index in [0.29, 0.717) is 6.61 Å². The van der Waals surface area contributed by atoms with E-state index in [1.54, 1.807) is 14.2 Å². The van der Waals surface area contributed by atoms with Gasteiger partial charge in [-0.2, -0.15) is 0 Å². The lowest BCUT2D eigenvalue weighted by Gasteiger charge is -2.33. The van der Waals surface area contributed by atoms with Crippen LogP contribution in [0.5, 0.6) is 17.2 Å². The van der Waals surface area contributed by atoms with Crippen molar-refractivity contribution >= 4 is 0 Å². The number of fused-ring (bicyclic) bond motifs is 3. The maximum atomic E-state index is 6.15. The molecular formula is C32H33NO4. The van der Waals surface area contributed by atoms with Crippen molar-refractivity contribution in [2.45, 2.75) is 31.8 Å². The molecule has 2 aliphatic rings. The first-order chi connectivity index (χ1) is 18.2. The van der Waals surface area contributed by atoms with Crippen LogP contribution in [0, 0.1) is 0 Å². The largest absolute Gasteiger partial charge is 0.493 e. The van der Waals surface area contributed by atoms with Gasteiger partial charge in [0.25, 0.3) is 0 Å². The van der Waals surface area contributed by atoms with Crippen molar-refractivity contribution in [2.24, 2.45) is 0 Å². The Hall–Kier alpha value is -3.80. The molecule has 6 rings (SSSR count). The van der Waals surface area contributed by atoms with Crippen LogP contribution in [0.3, 0.4) is 0 Å². The van der Waals surface area contributed by atoms with Crippen LogP contribution < -0.4 is 19.5 Å². The summed E-state index contributed by atoms with van der Waals surface area (Å²) in [4.78, 5) is 0. The van der Waals surface area contributed by atoms with E-state index in [9.17, 15) is 0 Å². The standard InChI is InChI=1S/C25H27NO3.C7H6O/c1-27-22-15-20-13-14-26-24(25(28-2)19-11-7-4-8-12-19)21(20)16-23(22)29-17-18-9-5-3-6-10-18;1-2-6-4-7(3-1)8-5-6/h3-12,15-16,24-26H,13-14,17H2,1-2H3;1-4H,5H2. The van der Waals surface area contributed by atoms with Gasteiger partial charge in [0.1, 0.15) is 25.1 Å². The van der Waals surface area contributed by atoms with Crippen LogP contribution in [-0.2, 0) is 24.4 Å². The molecular weight excluding hydrogens is 462 g/mol. The second kappa shape index (κ2) is 12.0. The molecule has 5 nitrogen and oxygen atoms in total. The highest BCUT2D eigenvalue weighted by atomic mass is 16.5. The maximum Gasteiger partial charge on any atom is 0.162 e. The second-order valence-corrected chi connectivity index (χ2v) is 9.16. The van der Waals surface area contributed by atoms with Crippen molar-refractivity contribution in [1.82, 2.24) is 5.32 Å². The number of nitrogens with one attached hydrogen (secondary N) is 1. The van der Waals surface area contributed by atoms with Gasteiger partial charge in [-0.1, -0.05) is 72.8 Å². The Morgan fingerprint density at radius 1 is 0.865 bits per heavy atom. The fourth-order valence-corrected chi connectivity index (χ4v) is 4.87. The molecule has 4 aromatic carbocycles. The lowest BCUT2D eigenvalue weighted by molar-refractivity contribution is 0.0653. The predicted octanol–water partition coefficient (Wildman–Crippen LogP) is 6.43. The van der Waals surface area contributed by atoms with Gasteiger partial charge in [-0.25, -0.2) is 0 Å². The van der Waals surface area contributed by atoms with Gasteiger partial charge in [0.2, 0.25) is 0 Å². The van der Waals surface area contributed by atoms with Crippen molar-refractivity contribution in [3.05, 3.63) is 125 Å². The van der Waals surface area contributed by atoms with Crippen LogP contribution in [0.15, 0.2) is 97.1 Å². The van der Waals surface area contributed by atoms with Crippen LogP contribution in [0.25, 0.3) is 0 Å². The summed E-state index contributed by atoms with van der Waals surface area (Å²) in [6.07, 6.45) is 0.873. The zero-order valence-corrected chi connectivity index (χ0v) is 21.4. The van der Waals surface area contributed by atoms with Gasteiger partial charge < -0.3 is 24.3 Å². The van der Waals surface area contributed by atoms with E-state index in [0.717, 1.165) is 47.9 Å². The third-order valence-corrected chi connectivity index (χ3v) is 6.75. The molecule has 0 radical (unpaired) electrons. The van der Waals surface area contributed by atoms with Crippen LogP contribution in [0.2, 0.25) is 0 Å². The van der Waals surface area contributed by atoms with Crippen molar-refractivity contribution in [3.8, 4) is 17.2 Å². The van der Waals surface area contributed by atoms with Crippen molar-refractivity contribution in [2.75, 3.05) is 20.8 Å². The van der Waals surface area contributed by atoms with Crippen molar-refractivity contribution in [3.63, 3.8) is 0 Å². The fraction of sp³-hybridized carbons (Fsp3) is 0.250. The quantitative estimate of drug-likeness (QED) is 0.320. The molecule has 2 atom stereocenters. The van der Waals surface area contributed by atoms with E-state index < -0.39 is 0 Å². The number of methoxy groups -OCH3 is 2. The van der Waals surface area contributed by atoms with Gasteiger partial charge in [-0.05, 0) is 65.0 Å². The summed E-state index contributed by atoms with van der Waals surface area (Å²) in [6.45, 7) is 2.17. The molecule has 0 fully saturated rings.